The van der Waals surface area contributed by atoms with Crippen molar-refractivity contribution in [2.24, 2.45) is 0 Å². The van der Waals surface area contributed by atoms with Crippen LogP contribution in [0.15, 0.2) is 36.5 Å². The van der Waals surface area contributed by atoms with Gasteiger partial charge in [-0.3, -0.25) is 4.79 Å². The van der Waals surface area contributed by atoms with Crippen LogP contribution in [-0.2, 0) is 6.42 Å². The predicted molar refractivity (Wildman–Crippen MR) is 97.5 cm³/mol. The second-order valence-corrected chi connectivity index (χ2v) is 5.81. The average molecular weight is 327 g/mol. The molecule has 0 saturated heterocycles. The van der Waals surface area contributed by atoms with Crippen LogP contribution in [0.5, 0.6) is 0 Å². The molecule has 0 saturated carbocycles. The van der Waals surface area contributed by atoms with E-state index in [1.807, 2.05) is 38.4 Å². The third kappa shape index (κ3) is 5.31. The maximum absolute atomic E-state index is 12.4. The number of para-hydroxylation sites is 1. The lowest BCUT2D eigenvalue weighted by molar-refractivity contribution is 0.102. The van der Waals surface area contributed by atoms with Crippen molar-refractivity contribution in [1.82, 2.24) is 14.9 Å². The average Bonchev–Trinajstić information content (AvgIpc) is 2.59. The topological polar surface area (TPSA) is 70.2 Å². The largest absolute Gasteiger partial charge is 0.354 e. The number of nitrogens with zero attached hydrogens (tertiary/aromatic N) is 3. The highest BCUT2D eigenvalue weighted by Crippen LogP contribution is 2.16. The lowest BCUT2D eigenvalue weighted by Gasteiger charge is -2.11. The van der Waals surface area contributed by atoms with Gasteiger partial charge in [0.15, 0.2) is 0 Å². The van der Waals surface area contributed by atoms with Crippen LogP contribution in [0.3, 0.4) is 0 Å². The molecule has 0 bridgehead atoms. The minimum atomic E-state index is -0.227. The maximum atomic E-state index is 12.4. The molecule has 128 valence electrons. The quantitative estimate of drug-likeness (QED) is 0.730. The fourth-order valence-corrected chi connectivity index (χ4v) is 2.30. The van der Waals surface area contributed by atoms with Gasteiger partial charge < -0.3 is 15.5 Å². The van der Waals surface area contributed by atoms with Crippen molar-refractivity contribution in [3.8, 4) is 0 Å². The van der Waals surface area contributed by atoms with Gasteiger partial charge in [-0.1, -0.05) is 25.1 Å². The molecule has 1 aromatic carbocycles. The molecule has 1 amide bonds. The third-order valence-electron chi connectivity index (χ3n) is 3.60. The first kappa shape index (κ1) is 17.9. The smallest absolute Gasteiger partial charge is 0.274 e. The lowest BCUT2D eigenvalue weighted by atomic mass is 10.1. The molecule has 2 aromatic rings. The number of carbonyl (C=O) groups is 1. The van der Waals surface area contributed by atoms with E-state index >= 15 is 0 Å². The summed E-state index contributed by atoms with van der Waals surface area (Å²) in [5.74, 6) is 0.250. The van der Waals surface area contributed by atoms with E-state index in [9.17, 15) is 4.79 Å². The predicted octanol–water partition coefficient (Wildman–Crippen LogP) is 2.65. The van der Waals surface area contributed by atoms with Crippen molar-refractivity contribution in [2.75, 3.05) is 37.8 Å². The highest BCUT2D eigenvalue weighted by Gasteiger charge is 2.10. The van der Waals surface area contributed by atoms with Crippen molar-refractivity contribution < 1.29 is 4.79 Å². The normalized spacial score (nSPS) is 10.7. The molecule has 0 aliphatic carbocycles. The molecule has 0 aliphatic rings. The summed E-state index contributed by atoms with van der Waals surface area (Å²) in [4.78, 5) is 23.0. The van der Waals surface area contributed by atoms with Gasteiger partial charge in [0.25, 0.3) is 5.91 Å². The highest BCUT2D eigenvalue weighted by atomic mass is 16.1. The molecule has 0 atom stereocenters. The Balaban J connectivity index is 1.98. The Labute approximate surface area is 143 Å². The molecule has 0 unspecified atom stereocenters. The van der Waals surface area contributed by atoms with Crippen LogP contribution in [-0.4, -0.2) is 48.0 Å². The summed E-state index contributed by atoms with van der Waals surface area (Å²) in [6.45, 7) is 3.81. The molecule has 0 aliphatic heterocycles. The van der Waals surface area contributed by atoms with Crippen LogP contribution in [0.1, 0.15) is 29.4 Å². The molecule has 2 rings (SSSR count). The molecule has 24 heavy (non-hydrogen) atoms. The third-order valence-corrected chi connectivity index (χ3v) is 3.60. The molecule has 2 N–H and O–H groups in total. The van der Waals surface area contributed by atoms with Crippen molar-refractivity contribution in [3.05, 3.63) is 47.8 Å². The van der Waals surface area contributed by atoms with Gasteiger partial charge in [0.1, 0.15) is 5.69 Å². The number of aromatic nitrogens is 2. The van der Waals surface area contributed by atoms with Gasteiger partial charge in [0.05, 0.1) is 0 Å². The van der Waals surface area contributed by atoms with E-state index in [2.05, 4.69) is 32.4 Å². The number of anilines is 2. The van der Waals surface area contributed by atoms with Crippen molar-refractivity contribution in [3.63, 3.8) is 0 Å². The number of nitrogens with one attached hydrogen (secondary N) is 2. The van der Waals surface area contributed by atoms with Gasteiger partial charge in [0.2, 0.25) is 5.95 Å². The molecular formula is C18H25N5O. The van der Waals surface area contributed by atoms with Gasteiger partial charge in [0, 0.05) is 18.4 Å². The summed E-state index contributed by atoms with van der Waals surface area (Å²) >= 11 is 0. The number of hydrogen-bond donors (Lipinski definition) is 2. The molecular weight excluding hydrogens is 302 g/mol. The molecule has 0 radical (unpaired) electrons. The first-order valence-corrected chi connectivity index (χ1v) is 8.21. The first-order chi connectivity index (χ1) is 11.6. The molecule has 6 nitrogen and oxygen atoms in total. The van der Waals surface area contributed by atoms with Crippen LogP contribution < -0.4 is 10.6 Å². The van der Waals surface area contributed by atoms with Gasteiger partial charge in [-0.05, 0) is 51.2 Å². The van der Waals surface area contributed by atoms with Crippen molar-refractivity contribution in [1.29, 1.82) is 0 Å². The molecule has 1 heterocycles. The second kappa shape index (κ2) is 8.98. The summed E-state index contributed by atoms with van der Waals surface area (Å²) in [7, 11) is 4.07. The number of benzene rings is 1. The van der Waals surface area contributed by atoms with E-state index in [0.717, 1.165) is 37.2 Å². The number of rotatable bonds is 8. The zero-order valence-corrected chi connectivity index (χ0v) is 14.5. The number of hydrogen-bond acceptors (Lipinski definition) is 5. The number of carbonyl (C=O) groups excluding carboxylic acids is 1. The van der Waals surface area contributed by atoms with Crippen LogP contribution in [0.25, 0.3) is 0 Å². The van der Waals surface area contributed by atoms with E-state index in [1.165, 1.54) is 0 Å². The first-order valence-electron chi connectivity index (χ1n) is 8.21. The van der Waals surface area contributed by atoms with E-state index < -0.39 is 0 Å². The van der Waals surface area contributed by atoms with Crippen LogP contribution in [0, 0.1) is 0 Å². The van der Waals surface area contributed by atoms with Crippen molar-refractivity contribution >= 4 is 17.5 Å². The van der Waals surface area contributed by atoms with Gasteiger partial charge in [-0.2, -0.15) is 0 Å². The van der Waals surface area contributed by atoms with Gasteiger partial charge >= 0.3 is 0 Å². The van der Waals surface area contributed by atoms with E-state index in [0.29, 0.717) is 11.6 Å². The molecule has 0 spiro atoms. The molecule has 0 fully saturated rings. The molecule has 1 aromatic heterocycles. The summed E-state index contributed by atoms with van der Waals surface area (Å²) in [5, 5.41) is 6.08. The minimum absolute atomic E-state index is 0.227. The fourth-order valence-electron chi connectivity index (χ4n) is 2.30. The van der Waals surface area contributed by atoms with Crippen LogP contribution >= 0.6 is 0 Å². The summed E-state index contributed by atoms with van der Waals surface area (Å²) < 4.78 is 0. The maximum Gasteiger partial charge on any atom is 0.274 e. The Hall–Kier alpha value is -2.47. The van der Waals surface area contributed by atoms with Crippen LogP contribution in [0.2, 0.25) is 0 Å². The Kier molecular flexibility index (Phi) is 6.69. The van der Waals surface area contributed by atoms with Gasteiger partial charge in [-0.15, -0.1) is 0 Å². The zero-order valence-electron chi connectivity index (χ0n) is 14.5. The van der Waals surface area contributed by atoms with E-state index in [4.69, 9.17) is 0 Å². The Morgan fingerprint density at radius 2 is 2.00 bits per heavy atom. The summed E-state index contributed by atoms with van der Waals surface area (Å²) in [6.07, 6.45) is 3.44. The SMILES string of the molecule is CCc1ccccc1NC(=O)c1ccnc(NCCCN(C)C)n1. The standard InChI is InChI=1S/C18H25N5O/c1-4-14-8-5-6-9-15(14)21-17(24)16-10-12-20-18(22-16)19-11-7-13-23(2)3/h5-6,8-10,12H,4,7,11,13H2,1-3H3,(H,21,24)(H,19,20,22). The van der Waals surface area contributed by atoms with Crippen LogP contribution in [0.4, 0.5) is 11.6 Å². The van der Waals surface area contributed by atoms with E-state index in [1.54, 1.807) is 12.3 Å². The zero-order chi connectivity index (χ0) is 17.4. The Morgan fingerprint density at radius 3 is 2.75 bits per heavy atom. The number of aryl methyl sites for hydroxylation is 1. The lowest BCUT2D eigenvalue weighted by Crippen LogP contribution is -2.18. The number of amides is 1. The van der Waals surface area contributed by atoms with E-state index in [-0.39, 0.29) is 5.91 Å². The fraction of sp³-hybridized carbons (Fsp3) is 0.389. The van der Waals surface area contributed by atoms with Crippen molar-refractivity contribution in [2.45, 2.75) is 19.8 Å². The van der Waals surface area contributed by atoms with Gasteiger partial charge in [-0.25, -0.2) is 9.97 Å². The highest BCUT2D eigenvalue weighted by molar-refractivity contribution is 6.03. The summed E-state index contributed by atoms with van der Waals surface area (Å²) in [6, 6.07) is 9.40. The monoisotopic (exact) mass is 327 g/mol. The second-order valence-electron chi connectivity index (χ2n) is 5.81. The minimum Gasteiger partial charge on any atom is -0.354 e. The molecule has 6 heteroatoms. The Bertz CT molecular complexity index is 672. The summed E-state index contributed by atoms with van der Waals surface area (Å²) in [5.41, 5.74) is 2.28. The Morgan fingerprint density at radius 1 is 1.21 bits per heavy atom.